The summed E-state index contributed by atoms with van der Waals surface area (Å²) in [5.41, 5.74) is 0. The topological polar surface area (TPSA) is 77.0 Å². The van der Waals surface area contributed by atoms with E-state index in [2.05, 4.69) is 12.2 Å². The minimum Gasteiger partial charge on any atom is -0.393 e. The second-order valence-electron chi connectivity index (χ2n) is 6.14. The normalized spacial score (nSPS) is 13.0. The fourth-order valence-electron chi connectivity index (χ4n) is 2.63. The van der Waals surface area contributed by atoms with Crippen molar-refractivity contribution in [1.82, 2.24) is 5.32 Å². The van der Waals surface area contributed by atoms with E-state index in [0.29, 0.717) is 25.4 Å². The number of nitrogens with one attached hydrogen (secondary N) is 1. The Kier molecular flexibility index (Phi) is 14.5. The van der Waals surface area contributed by atoms with Crippen molar-refractivity contribution >= 4 is 14.7 Å². The molecule has 0 saturated heterocycles. The van der Waals surface area contributed by atoms with Crippen LogP contribution in [-0.2, 0) is 18.1 Å². The molecular formula is C17H37NO5Si. The molecule has 0 spiro atoms. The van der Waals surface area contributed by atoms with Gasteiger partial charge in [-0.05, 0) is 25.7 Å². The first-order valence-electron chi connectivity index (χ1n) is 9.13. The zero-order valence-corrected chi connectivity index (χ0v) is 16.9. The molecule has 1 amide bonds. The molecule has 0 aliphatic heterocycles. The van der Waals surface area contributed by atoms with Crippen LogP contribution in [-0.4, -0.2) is 53.8 Å². The van der Waals surface area contributed by atoms with E-state index in [-0.39, 0.29) is 12.0 Å². The summed E-state index contributed by atoms with van der Waals surface area (Å²) in [5, 5.41) is 12.8. The number of carbonyl (C=O) groups is 1. The van der Waals surface area contributed by atoms with E-state index < -0.39 is 8.80 Å². The third-order valence-electron chi connectivity index (χ3n) is 4.25. The van der Waals surface area contributed by atoms with Gasteiger partial charge in [-0.2, -0.15) is 0 Å². The maximum atomic E-state index is 11.8. The van der Waals surface area contributed by atoms with Crippen LogP contribution in [0.25, 0.3) is 0 Å². The number of amides is 1. The molecule has 144 valence electrons. The summed E-state index contributed by atoms with van der Waals surface area (Å²) in [6.45, 7) is 2.76. The van der Waals surface area contributed by atoms with Crippen LogP contribution < -0.4 is 5.32 Å². The van der Waals surface area contributed by atoms with Gasteiger partial charge in [0.1, 0.15) is 0 Å². The van der Waals surface area contributed by atoms with E-state index in [9.17, 15) is 9.90 Å². The monoisotopic (exact) mass is 363 g/mol. The lowest BCUT2D eigenvalue weighted by Crippen LogP contribution is -2.43. The quantitative estimate of drug-likeness (QED) is 0.326. The highest BCUT2D eigenvalue weighted by Gasteiger charge is 2.36. The Morgan fingerprint density at radius 3 is 2.21 bits per heavy atom. The van der Waals surface area contributed by atoms with E-state index in [4.69, 9.17) is 13.3 Å². The fourth-order valence-corrected chi connectivity index (χ4v) is 4.35. The largest absolute Gasteiger partial charge is 0.500 e. The minimum atomic E-state index is -2.53. The van der Waals surface area contributed by atoms with Crippen molar-refractivity contribution in [1.29, 1.82) is 0 Å². The average Bonchev–Trinajstić information content (AvgIpc) is 2.59. The van der Waals surface area contributed by atoms with Crippen LogP contribution in [0.15, 0.2) is 0 Å². The summed E-state index contributed by atoms with van der Waals surface area (Å²) in [6.07, 6.45) is 7.93. The maximum absolute atomic E-state index is 11.8. The Hall–Kier alpha value is -0.473. The number of rotatable bonds is 16. The number of unbranched alkanes of at least 4 members (excludes halogenated alkanes) is 3. The second kappa shape index (κ2) is 14.8. The molecule has 2 N–H and O–H groups in total. The van der Waals surface area contributed by atoms with Crippen LogP contribution in [0, 0.1) is 0 Å². The summed E-state index contributed by atoms with van der Waals surface area (Å²) in [7, 11) is 2.23. The molecule has 0 heterocycles. The van der Waals surface area contributed by atoms with Crippen molar-refractivity contribution in [2.45, 2.75) is 76.9 Å². The Balaban J connectivity index is 3.66. The molecule has 0 aromatic heterocycles. The summed E-state index contributed by atoms with van der Waals surface area (Å²) in [5.74, 6) is 0.0349. The minimum absolute atomic E-state index is 0.0349. The predicted molar refractivity (Wildman–Crippen MR) is 97.8 cm³/mol. The van der Waals surface area contributed by atoms with Crippen molar-refractivity contribution in [2.75, 3.05) is 27.9 Å². The number of carbonyl (C=O) groups excluding carboxylic acids is 1. The average molecular weight is 364 g/mol. The van der Waals surface area contributed by atoms with Crippen molar-refractivity contribution in [3.63, 3.8) is 0 Å². The van der Waals surface area contributed by atoms with Gasteiger partial charge in [0.2, 0.25) is 5.91 Å². The zero-order chi connectivity index (χ0) is 18.3. The third-order valence-corrected chi connectivity index (χ3v) is 7.08. The van der Waals surface area contributed by atoms with Gasteiger partial charge in [-0.1, -0.05) is 32.6 Å². The Labute approximate surface area is 148 Å². The number of hydrogen-bond donors (Lipinski definition) is 2. The molecule has 1 unspecified atom stereocenters. The molecule has 0 bridgehead atoms. The van der Waals surface area contributed by atoms with Crippen molar-refractivity contribution in [3.05, 3.63) is 0 Å². The van der Waals surface area contributed by atoms with Crippen LogP contribution in [0.1, 0.15) is 64.7 Å². The van der Waals surface area contributed by atoms with Crippen LogP contribution in [0.4, 0.5) is 0 Å². The third kappa shape index (κ3) is 11.1. The molecule has 0 radical (unpaired) electrons. The van der Waals surface area contributed by atoms with Gasteiger partial charge in [0, 0.05) is 40.3 Å². The first-order chi connectivity index (χ1) is 11.5. The lowest BCUT2D eigenvalue weighted by Gasteiger charge is -2.24. The van der Waals surface area contributed by atoms with Crippen LogP contribution in [0.5, 0.6) is 0 Å². The standard InChI is InChI=1S/C17H37NO5Si/c1-5-6-7-8-11-16(19)12-9-13-17(20)18-14-10-15-24(21-2,22-3)23-4/h16,19H,5-15H2,1-4H3,(H,18,20). The molecule has 0 rings (SSSR count). The molecule has 24 heavy (non-hydrogen) atoms. The molecule has 7 heteroatoms. The van der Waals surface area contributed by atoms with E-state index in [1.807, 2.05) is 0 Å². The first-order valence-corrected chi connectivity index (χ1v) is 11.1. The lowest BCUT2D eigenvalue weighted by atomic mass is 10.0. The summed E-state index contributed by atoms with van der Waals surface area (Å²) in [4.78, 5) is 11.8. The van der Waals surface area contributed by atoms with Gasteiger partial charge in [-0.15, -0.1) is 0 Å². The Morgan fingerprint density at radius 1 is 1.00 bits per heavy atom. The molecule has 6 nitrogen and oxygen atoms in total. The predicted octanol–water partition coefficient (Wildman–Crippen LogP) is 2.87. The summed E-state index contributed by atoms with van der Waals surface area (Å²) < 4.78 is 16.0. The molecule has 0 saturated carbocycles. The highest BCUT2D eigenvalue weighted by atomic mass is 28.4. The van der Waals surface area contributed by atoms with Gasteiger partial charge >= 0.3 is 8.80 Å². The number of aliphatic hydroxyl groups excluding tert-OH is 1. The first kappa shape index (κ1) is 23.5. The Bertz CT molecular complexity index is 305. The van der Waals surface area contributed by atoms with Crippen molar-refractivity contribution in [3.8, 4) is 0 Å². The van der Waals surface area contributed by atoms with Gasteiger partial charge in [-0.3, -0.25) is 4.79 Å². The van der Waals surface area contributed by atoms with Gasteiger partial charge in [-0.25, -0.2) is 0 Å². The van der Waals surface area contributed by atoms with Gasteiger partial charge < -0.3 is 23.7 Å². The van der Waals surface area contributed by atoms with Gasteiger partial charge in [0.25, 0.3) is 0 Å². The summed E-state index contributed by atoms with van der Waals surface area (Å²) in [6, 6.07) is 0.674. The smallest absolute Gasteiger partial charge is 0.393 e. The van der Waals surface area contributed by atoms with Crippen LogP contribution in [0.2, 0.25) is 6.04 Å². The van der Waals surface area contributed by atoms with E-state index in [0.717, 1.165) is 25.7 Å². The van der Waals surface area contributed by atoms with Gasteiger partial charge in [0.05, 0.1) is 6.10 Å². The highest BCUT2D eigenvalue weighted by Crippen LogP contribution is 2.14. The molecule has 0 aromatic carbocycles. The van der Waals surface area contributed by atoms with Crippen molar-refractivity contribution < 1.29 is 23.2 Å². The fraction of sp³-hybridized carbons (Fsp3) is 0.941. The lowest BCUT2D eigenvalue weighted by molar-refractivity contribution is -0.121. The van der Waals surface area contributed by atoms with Crippen molar-refractivity contribution in [2.24, 2.45) is 0 Å². The van der Waals surface area contributed by atoms with E-state index in [1.165, 1.54) is 19.3 Å². The summed E-state index contributed by atoms with van der Waals surface area (Å²) >= 11 is 0. The zero-order valence-electron chi connectivity index (χ0n) is 15.9. The highest BCUT2D eigenvalue weighted by molar-refractivity contribution is 6.60. The molecule has 1 atom stereocenters. The molecular weight excluding hydrogens is 326 g/mol. The SMILES string of the molecule is CCCCCCC(O)CCCC(=O)NCCC[Si](OC)(OC)OC. The maximum Gasteiger partial charge on any atom is 0.500 e. The van der Waals surface area contributed by atoms with Crippen LogP contribution in [0.3, 0.4) is 0 Å². The number of aliphatic hydroxyl groups is 1. The van der Waals surface area contributed by atoms with E-state index >= 15 is 0 Å². The molecule has 0 aliphatic rings. The molecule has 0 aliphatic carbocycles. The number of hydrogen-bond acceptors (Lipinski definition) is 5. The molecule has 0 fully saturated rings. The van der Waals surface area contributed by atoms with Gasteiger partial charge in [0.15, 0.2) is 0 Å². The second-order valence-corrected chi connectivity index (χ2v) is 9.24. The van der Waals surface area contributed by atoms with Crippen LogP contribution >= 0.6 is 0 Å². The molecule has 0 aromatic rings. The van der Waals surface area contributed by atoms with E-state index in [1.54, 1.807) is 21.3 Å². The Morgan fingerprint density at radius 2 is 1.62 bits per heavy atom.